The van der Waals surface area contributed by atoms with E-state index < -0.39 is 17.8 Å². The van der Waals surface area contributed by atoms with Crippen LogP contribution in [0.5, 0.6) is 0 Å². The molecule has 1 unspecified atom stereocenters. The van der Waals surface area contributed by atoms with Gasteiger partial charge < -0.3 is 5.32 Å². The zero-order valence-corrected chi connectivity index (χ0v) is 10.3. The van der Waals surface area contributed by atoms with Crippen LogP contribution in [0.3, 0.4) is 0 Å². The Morgan fingerprint density at radius 1 is 1.37 bits per heavy atom. The molecule has 1 aromatic rings. The number of nitrogens with zero attached hydrogens (tertiary/aromatic N) is 1. The van der Waals surface area contributed by atoms with Gasteiger partial charge >= 0.3 is 6.18 Å². The standard InChI is InChI=1S/C13H13F3N2O/c1-2-10-12(19)18-11(17-10)7-8-4-3-5-9(6-8)13(14,15)16/h3-6,10H,2,7H2,1H3,(H,17,18,19). The highest BCUT2D eigenvalue weighted by Crippen LogP contribution is 2.29. The van der Waals surface area contributed by atoms with Crippen molar-refractivity contribution in [1.82, 2.24) is 5.32 Å². The van der Waals surface area contributed by atoms with Crippen LogP contribution < -0.4 is 5.32 Å². The first-order valence-corrected chi connectivity index (χ1v) is 5.94. The van der Waals surface area contributed by atoms with Gasteiger partial charge in [-0.25, -0.2) is 0 Å². The number of amidine groups is 1. The number of carbonyl (C=O) groups is 1. The molecule has 0 aromatic heterocycles. The minimum absolute atomic E-state index is 0.190. The van der Waals surface area contributed by atoms with E-state index in [1.165, 1.54) is 6.07 Å². The Morgan fingerprint density at radius 3 is 2.68 bits per heavy atom. The van der Waals surface area contributed by atoms with E-state index in [0.717, 1.165) is 12.1 Å². The first-order valence-electron chi connectivity index (χ1n) is 5.94. The van der Waals surface area contributed by atoms with Crippen LogP contribution in [0.2, 0.25) is 0 Å². The number of nitrogens with one attached hydrogen (secondary N) is 1. The SMILES string of the molecule is CCC1N=C(Cc2cccc(C(F)(F)F)c2)NC1=O. The molecule has 2 rings (SSSR count). The molecule has 0 saturated carbocycles. The third-order valence-corrected chi connectivity index (χ3v) is 2.89. The van der Waals surface area contributed by atoms with Crippen molar-refractivity contribution < 1.29 is 18.0 Å². The first kappa shape index (κ1) is 13.6. The van der Waals surface area contributed by atoms with Crippen molar-refractivity contribution in [3.05, 3.63) is 35.4 Å². The zero-order valence-electron chi connectivity index (χ0n) is 10.3. The number of carbonyl (C=O) groups excluding carboxylic acids is 1. The van der Waals surface area contributed by atoms with Crippen LogP contribution >= 0.6 is 0 Å². The molecular weight excluding hydrogens is 257 g/mol. The predicted molar refractivity (Wildman–Crippen MR) is 64.8 cm³/mol. The smallest absolute Gasteiger partial charge is 0.312 e. The number of halogens is 3. The molecule has 1 aliphatic heterocycles. The van der Waals surface area contributed by atoms with Crippen molar-refractivity contribution in [2.45, 2.75) is 32.0 Å². The summed E-state index contributed by atoms with van der Waals surface area (Å²) in [5, 5.41) is 2.59. The summed E-state index contributed by atoms with van der Waals surface area (Å²) in [6.45, 7) is 1.83. The molecule has 0 spiro atoms. The van der Waals surface area contributed by atoms with E-state index in [0.29, 0.717) is 17.8 Å². The summed E-state index contributed by atoms with van der Waals surface area (Å²) in [5.41, 5.74) is -0.215. The van der Waals surface area contributed by atoms with Crippen LogP contribution in [0.4, 0.5) is 13.2 Å². The monoisotopic (exact) mass is 270 g/mol. The number of benzene rings is 1. The van der Waals surface area contributed by atoms with E-state index in [9.17, 15) is 18.0 Å². The Hall–Kier alpha value is -1.85. The molecule has 1 aliphatic rings. The van der Waals surface area contributed by atoms with Gasteiger partial charge in [-0.15, -0.1) is 0 Å². The highest BCUT2D eigenvalue weighted by molar-refractivity contribution is 6.06. The Labute approximate surface area is 108 Å². The molecule has 1 aromatic carbocycles. The van der Waals surface area contributed by atoms with Gasteiger partial charge in [0, 0.05) is 6.42 Å². The molecule has 1 N–H and O–H groups in total. The molecule has 19 heavy (non-hydrogen) atoms. The van der Waals surface area contributed by atoms with Crippen molar-refractivity contribution in [3.63, 3.8) is 0 Å². The maximum Gasteiger partial charge on any atom is 0.416 e. The lowest BCUT2D eigenvalue weighted by molar-refractivity contribution is -0.137. The topological polar surface area (TPSA) is 41.5 Å². The molecule has 0 bridgehead atoms. The lowest BCUT2D eigenvalue weighted by atomic mass is 10.1. The molecule has 102 valence electrons. The Morgan fingerprint density at radius 2 is 2.11 bits per heavy atom. The normalized spacial score (nSPS) is 19.3. The van der Waals surface area contributed by atoms with Crippen LogP contribution in [-0.2, 0) is 17.4 Å². The summed E-state index contributed by atoms with van der Waals surface area (Å²) in [6, 6.07) is 4.62. The molecule has 0 fully saturated rings. The maximum absolute atomic E-state index is 12.6. The van der Waals surface area contributed by atoms with E-state index in [2.05, 4.69) is 10.3 Å². The molecule has 0 radical (unpaired) electrons. The van der Waals surface area contributed by atoms with Gasteiger partial charge in [0.25, 0.3) is 0 Å². The highest BCUT2D eigenvalue weighted by Gasteiger charge is 2.30. The van der Waals surface area contributed by atoms with Crippen LogP contribution in [0.15, 0.2) is 29.3 Å². The van der Waals surface area contributed by atoms with Gasteiger partial charge in [-0.3, -0.25) is 9.79 Å². The minimum Gasteiger partial charge on any atom is -0.312 e. The summed E-state index contributed by atoms with van der Waals surface area (Å²) in [5.74, 6) is 0.237. The molecule has 1 heterocycles. The Balaban J connectivity index is 2.15. The van der Waals surface area contributed by atoms with Gasteiger partial charge in [-0.1, -0.05) is 25.1 Å². The lowest BCUT2D eigenvalue weighted by Crippen LogP contribution is -2.29. The average Bonchev–Trinajstić information content (AvgIpc) is 2.68. The van der Waals surface area contributed by atoms with Gasteiger partial charge in [-0.2, -0.15) is 13.2 Å². The van der Waals surface area contributed by atoms with Crippen LogP contribution in [0.25, 0.3) is 0 Å². The largest absolute Gasteiger partial charge is 0.416 e. The molecule has 0 saturated heterocycles. The number of alkyl halides is 3. The Kier molecular flexibility index (Phi) is 3.59. The van der Waals surface area contributed by atoms with Gasteiger partial charge in [-0.05, 0) is 18.1 Å². The van der Waals surface area contributed by atoms with Crippen molar-refractivity contribution in [2.24, 2.45) is 4.99 Å². The summed E-state index contributed by atoms with van der Waals surface area (Å²) in [4.78, 5) is 15.6. The number of rotatable bonds is 3. The fourth-order valence-electron chi connectivity index (χ4n) is 1.92. The van der Waals surface area contributed by atoms with E-state index in [1.807, 2.05) is 6.92 Å². The zero-order chi connectivity index (χ0) is 14.0. The second-order valence-electron chi connectivity index (χ2n) is 4.36. The molecule has 3 nitrogen and oxygen atoms in total. The number of hydrogen-bond donors (Lipinski definition) is 1. The van der Waals surface area contributed by atoms with E-state index in [4.69, 9.17) is 0 Å². The summed E-state index contributed by atoms with van der Waals surface area (Å²) < 4.78 is 37.7. The van der Waals surface area contributed by atoms with Gasteiger partial charge in [0.2, 0.25) is 5.91 Å². The van der Waals surface area contributed by atoms with Gasteiger partial charge in [0.05, 0.1) is 5.56 Å². The minimum atomic E-state index is -4.36. The number of aliphatic imine (C=N–C) groups is 1. The molecule has 0 aliphatic carbocycles. The summed E-state index contributed by atoms with van der Waals surface area (Å²) in [7, 11) is 0. The van der Waals surface area contributed by atoms with Crippen LogP contribution in [0.1, 0.15) is 24.5 Å². The fraction of sp³-hybridized carbons (Fsp3) is 0.385. The third kappa shape index (κ3) is 3.13. The number of hydrogen-bond acceptors (Lipinski definition) is 2. The maximum atomic E-state index is 12.6. The second-order valence-corrected chi connectivity index (χ2v) is 4.36. The van der Waals surface area contributed by atoms with Crippen molar-refractivity contribution in [3.8, 4) is 0 Å². The van der Waals surface area contributed by atoms with E-state index >= 15 is 0 Å². The van der Waals surface area contributed by atoms with Crippen LogP contribution in [0, 0.1) is 0 Å². The number of amides is 1. The van der Waals surface area contributed by atoms with Crippen molar-refractivity contribution in [1.29, 1.82) is 0 Å². The summed E-state index contributed by atoms with van der Waals surface area (Å²) in [6.07, 6.45) is -3.58. The van der Waals surface area contributed by atoms with Crippen molar-refractivity contribution in [2.75, 3.05) is 0 Å². The molecule has 1 atom stereocenters. The average molecular weight is 270 g/mol. The van der Waals surface area contributed by atoms with Crippen LogP contribution in [-0.4, -0.2) is 17.8 Å². The second kappa shape index (κ2) is 5.03. The first-order chi connectivity index (χ1) is 8.90. The molecule has 1 amide bonds. The lowest BCUT2D eigenvalue weighted by Gasteiger charge is -2.08. The van der Waals surface area contributed by atoms with Crippen molar-refractivity contribution >= 4 is 11.7 Å². The Bertz CT molecular complexity index is 523. The van der Waals surface area contributed by atoms with Gasteiger partial charge in [0.15, 0.2) is 0 Å². The highest BCUT2D eigenvalue weighted by atomic mass is 19.4. The summed E-state index contributed by atoms with van der Waals surface area (Å²) >= 11 is 0. The molecular formula is C13H13F3N2O. The van der Waals surface area contributed by atoms with E-state index in [1.54, 1.807) is 6.07 Å². The fourth-order valence-corrected chi connectivity index (χ4v) is 1.92. The predicted octanol–water partition coefficient (Wildman–Crippen LogP) is 2.55. The van der Waals surface area contributed by atoms with E-state index in [-0.39, 0.29) is 12.3 Å². The third-order valence-electron chi connectivity index (χ3n) is 2.89. The molecule has 6 heteroatoms. The van der Waals surface area contributed by atoms with Gasteiger partial charge in [0.1, 0.15) is 11.9 Å². The quantitative estimate of drug-likeness (QED) is 0.901.